The normalized spacial score (nSPS) is 14.5. The van der Waals surface area contributed by atoms with Gasteiger partial charge in [0.1, 0.15) is 5.75 Å². The molecule has 148 valence electrons. The number of methoxy groups -OCH3 is 1. The molecule has 8 nitrogen and oxygen atoms in total. The lowest BCUT2D eigenvalue weighted by Crippen LogP contribution is -2.37. The molecule has 0 unspecified atom stereocenters. The molecule has 1 fully saturated rings. The fourth-order valence-corrected chi connectivity index (χ4v) is 3.23. The van der Waals surface area contributed by atoms with Crippen LogP contribution in [-0.2, 0) is 0 Å². The van der Waals surface area contributed by atoms with E-state index in [-0.39, 0.29) is 11.5 Å². The van der Waals surface area contributed by atoms with E-state index in [2.05, 4.69) is 0 Å². The standard InChI is InChI=1S/C20H22N2O6/c1-28-17-6-3-2-5-14(17)20(27)22-8-4-7-21(9-10-22)19(26)13-11-15(23)18(25)16(24)12-13/h2-3,5-6,11-12,23-25H,4,7-10H2,1H3. The number of nitrogens with zero attached hydrogens (tertiary/aromatic N) is 2. The zero-order valence-electron chi connectivity index (χ0n) is 15.5. The van der Waals surface area contributed by atoms with Gasteiger partial charge in [-0.15, -0.1) is 0 Å². The van der Waals surface area contributed by atoms with Gasteiger partial charge in [0.05, 0.1) is 12.7 Å². The second-order valence-electron chi connectivity index (χ2n) is 6.50. The molecule has 8 heteroatoms. The van der Waals surface area contributed by atoms with E-state index in [0.29, 0.717) is 43.9 Å². The topological polar surface area (TPSA) is 111 Å². The van der Waals surface area contributed by atoms with Gasteiger partial charge >= 0.3 is 0 Å². The van der Waals surface area contributed by atoms with Crippen molar-refractivity contribution < 1.29 is 29.6 Å². The molecule has 2 amide bonds. The molecule has 0 atom stereocenters. The Morgan fingerprint density at radius 3 is 2.07 bits per heavy atom. The third-order valence-electron chi connectivity index (χ3n) is 4.72. The molecule has 1 aliphatic rings. The molecule has 28 heavy (non-hydrogen) atoms. The highest BCUT2D eigenvalue weighted by molar-refractivity contribution is 5.97. The number of para-hydroxylation sites is 1. The van der Waals surface area contributed by atoms with Gasteiger partial charge in [-0.1, -0.05) is 12.1 Å². The van der Waals surface area contributed by atoms with Crippen LogP contribution in [-0.4, -0.2) is 70.2 Å². The van der Waals surface area contributed by atoms with E-state index in [4.69, 9.17) is 4.74 Å². The summed E-state index contributed by atoms with van der Waals surface area (Å²) in [4.78, 5) is 28.8. The van der Waals surface area contributed by atoms with E-state index in [1.165, 1.54) is 7.11 Å². The number of phenolic OH excluding ortho intramolecular Hbond substituents is 3. The maximum atomic E-state index is 12.9. The number of carbonyl (C=O) groups excluding carboxylic acids is 2. The molecule has 0 bridgehead atoms. The molecule has 3 N–H and O–H groups in total. The summed E-state index contributed by atoms with van der Waals surface area (Å²) in [6.45, 7) is 1.57. The zero-order valence-corrected chi connectivity index (χ0v) is 15.5. The highest BCUT2D eigenvalue weighted by Crippen LogP contribution is 2.35. The number of rotatable bonds is 3. The smallest absolute Gasteiger partial charge is 0.257 e. The molecule has 0 aromatic heterocycles. The second kappa shape index (κ2) is 8.08. The van der Waals surface area contributed by atoms with E-state index in [9.17, 15) is 24.9 Å². The van der Waals surface area contributed by atoms with Crippen molar-refractivity contribution in [2.75, 3.05) is 33.3 Å². The molecule has 0 spiro atoms. The highest BCUT2D eigenvalue weighted by Gasteiger charge is 2.26. The van der Waals surface area contributed by atoms with Crippen molar-refractivity contribution in [3.05, 3.63) is 47.5 Å². The Morgan fingerprint density at radius 2 is 1.46 bits per heavy atom. The molecule has 3 rings (SSSR count). The summed E-state index contributed by atoms with van der Waals surface area (Å²) < 4.78 is 5.26. The van der Waals surface area contributed by atoms with Gasteiger partial charge in [0.15, 0.2) is 17.2 Å². The minimum atomic E-state index is -0.666. The van der Waals surface area contributed by atoms with Gasteiger partial charge in [-0.25, -0.2) is 0 Å². The van der Waals surface area contributed by atoms with Gasteiger partial charge < -0.3 is 29.9 Å². The molecule has 2 aromatic rings. The Bertz CT molecular complexity index is 875. The number of phenols is 3. The maximum Gasteiger partial charge on any atom is 0.257 e. The lowest BCUT2D eigenvalue weighted by Gasteiger charge is -2.23. The molecule has 1 saturated heterocycles. The summed E-state index contributed by atoms with van der Waals surface area (Å²) >= 11 is 0. The number of benzene rings is 2. The lowest BCUT2D eigenvalue weighted by molar-refractivity contribution is 0.0716. The Labute approximate surface area is 162 Å². The molecule has 2 aromatic carbocycles. The van der Waals surface area contributed by atoms with Crippen LogP contribution in [0, 0.1) is 0 Å². The van der Waals surface area contributed by atoms with Crippen LogP contribution < -0.4 is 4.74 Å². The van der Waals surface area contributed by atoms with Crippen LogP contribution in [0.3, 0.4) is 0 Å². The minimum absolute atomic E-state index is 0.0669. The van der Waals surface area contributed by atoms with E-state index >= 15 is 0 Å². The summed E-state index contributed by atoms with van der Waals surface area (Å²) in [6, 6.07) is 9.22. The third kappa shape index (κ3) is 3.80. The summed E-state index contributed by atoms with van der Waals surface area (Å²) in [5.74, 6) is -1.85. The van der Waals surface area contributed by atoms with Crippen molar-refractivity contribution in [3.63, 3.8) is 0 Å². The van der Waals surface area contributed by atoms with Crippen LogP contribution in [0.5, 0.6) is 23.0 Å². The number of aromatic hydroxyl groups is 3. The monoisotopic (exact) mass is 386 g/mol. The molecular weight excluding hydrogens is 364 g/mol. The Morgan fingerprint density at radius 1 is 0.893 bits per heavy atom. The van der Waals surface area contributed by atoms with Crippen LogP contribution >= 0.6 is 0 Å². The van der Waals surface area contributed by atoms with E-state index in [0.717, 1.165) is 12.1 Å². The number of amides is 2. The van der Waals surface area contributed by atoms with Gasteiger partial charge in [-0.2, -0.15) is 0 Å². The van der Waals surface area contributed by atoms with E-state index in [1.807, 2.05) is 0 Å². The summed E-state index contributed by atoms with van der Waals surface area (Å²) in [6.07, 6.45) is 0.586. The van der Waals surface area contributed by atoms with Crippen LogP contribution in [0.1, 0.15) is 27.1 Å². The minimum Gasteiger partial charge on any atom is -0.504 e. The van der Waals surface area contributed by atoms with Crippen molar-refractivity contribution in [2.24, 2.45) is 0 Å². The number of hydrogen-bond acceptors (Lipinski definition) is 6. The first kappa shape index (κ1) is 19.3. The van der Waals surface area contributed by atoms with Gasteiger partial charge in [-0.3, -0.25) is 9.59 Å². The maximum absolute atomic E-state index is 12.9. The summed E-state index contributed by atoms with van der Waals surface area (Å²) in [5, 5.41) is 28.7. The zero-order chi connectivity index (χ0) is 20.3. The predicted molar refractivity (Wildman–Crippen MR) is 101 cm³/mol. The average Bonchev–Trinajstić information content (AvgIpc) is 2.96. The first-order chi connectivity index (χ1) is 13.4. The molecule has 0 aliphatic carbocycles. The quantitative estimate of drug-likeness (QED) is 0.694. The molecule has 1 aliphatic heterocycles. The van der Waals surface area contributed by atoms with Gasteiger partial charge in [-0.05, 0) is 30.7 Å². The summed E-state index contributed by atoms with van der Waals surface area (Å²) in [5.41, 5.74) is 0.537. The van der Waals surface area contributed by atoms with Crippen molar-refractivity contribution >= 4 is 11.8 Å². The lowest BCUT2D eigenvalue weighted by atomic mass is 10.1. The number of ether oxygens (including phenoxy) is 1. The van der Waals surface area contributed by atoms with Crippen LogP contribution in [0.2, 0.25) is 0 Å². The molecule has 0 radical (unpaired) electrons. The Kier molecular flexibility index (Phi) is 5.58. The van der Waals surface area contributed by atoms with E-state index in [1.54, 1.807) is 34.1 Å². The number of carbonyl (C=O) groups is 2. The SMILES string of the molecule is COc1ccccc1C(=O)N1CCCN(C(=O)c2cc(O)c(O)c(O)c2)CC1. The van der Waals surface area contributed by atoms with Crippen molar-refractivity contribution in [1.29, 1.82) is 0 Å². The fourth-order valence-electron chi connectivity index (χ4n) is 3.23. The van der Waals surface area contributed by atoms with Crippen molar-refractivity contribution in [2.45, 2.75) is 6.42 Å². The van der Waals surface area contributed by atoms with Gasteiger partial charge in [0, 0.05) is 31.7 Å². The van der Waals surface area contributed by atoms with Crippen LogP contribution in [0.25, 0.3) is 0 Å². The first-order valence-corrected chi connectivity index (χ1v) is 8.89. The van der Waals surface area contributed by atoms with Gasteiger partial charge in [0.2, 0.25) is 0 Å². The first-order valence-electron chi connectivity index (χ1n) is 8.89. The Hall–Kier alpha value is -3.42. The second-order valence-corrected chi connectivity index (χ2v) is 6.50. The van der Waals surface area contributed by atoms with E-state index < -0.39 is 23.2 Å². The summed E-state index contributed by atoms with van der Waals surface area (Å²) in [7, 11) is 1.51. The average molecular weight is 386 g/mol. The van der Waals surface area contributed by atoms with Crippen molar-refractivity contribution in [3.8, 4) is 23.0 Å². The van der Waals surface area contributed by atoms with Gasteiger partial charge in [0.25, 0.3) is 11.8 Å². The van der Waals surface area contributed by atoms with Crippen LogP contribution in [0.15, 0.2) is 36.4 Å². The molecule has 0 saturated carbocycles. The fraction of sp³-hybridized carbons (Fsp3) is 0.300. The Balaban J connectivity index is 1.73. The third-order valence-corrected chi connectivity index (χ3v) is 4.72. The molecular formula is C20H22N2O6. The highest BCUT2D eigenvalue weighted by atomic mass is 16.5. The largest absolute Gasteiger partial charge is 0.504 e. The molecule has 1 heterocycles. The number of hydrogen-bond donors (Lipinski definition) is 3. The van der Waals surface area contributed by atoms with Crippen LogP contribution in [0.4, 0.5) is 0 Å². The predicted octanol–water partition coefficient (Wildman–Crippen LogP) is 1.80. The van der Waals surface area contributed by atoms with Crippen molar-refractivity contribution in [1.82, 2.24) is 9.80 Å².